The van der Waals surface area contributed by atoms with Gasteiger partial charge in [0.05, 0.1) is 19.8 Å². The summed E-state index contributed by atoms with van der Waals surface area (Å²) in [4.78, 5) is 25.8. The molecule has 3 aromatic carbocycles. The van der Waals surface area contributed by atoms with Crippen molar-refractivity contribution >= 4 is 12.1 Å². The van der Waals surface area contributed by atoms with Gasteiger partial charge in [0.1, 0.15) is 12.4 Å². The Hall–Kier alpha value is -3.88. The van der Waals surface area contributed by atoms with Crippen molar-refractivity contribution in [1.29, 1.82) is 0 Å². The Kier molecular flexibility index (Phi) is 13.5. The zero-order chi connectivity index (χ0) is 28.4. The summed E-state index contributed by atoms with van der Waals surface area (Å²) < 4.78 is 22.5. The van der Waals surface area contributed by atoms with Crippen molar-refractivity contribution in [3.63, 3.8) is 0 Å². The predicted molar refractivity (Wildman–Crippen MR) is 152 cm³/mol. The highest BCUT2D eigenvalue weighted by atomic mass is 16.6. The van der Waals surface area contributed by atoms with Gasteiger partial charge in [-0.25, -0.2) is 9.59 Å². The van der Waals surface area contributed by atoms with E-state index >= 15 is 0 Å². The molecular formula is C32H39NO7. The van der Waals surface area contributed by atoms with E-state index in [1.165, 1.54) is 0 Å². The fourth-order valence-electron chi connectivity index (χ4n) is 4.04. The third kappa shape index (κ3) is 11.5. The lowest BCUT2D eigenvalue weighted by Gasteiger charge is -2.22. The minimum Gasteiger partial charge on any atom is -0.492 e. The minimum atomic E-state index is -0.983. The monoisotopic (exact) mass is 549 g/mol. The third-order valence-electron chi connectivity index (χ3n) is 6.16. The van der Waals surface area contributed by atoms with E-state index in [0.717, 1.165) is 16.7 Å². The van der Waals surface area contributed by atoms with Crippen molar-refractivity contribution in [2.75, 3.05) is 39.5 Å². The largest absolute Gasteiger partial charge is 0.492 e. The number of hydrogen-bond donors (Lipinski definition) is 1. The highest BCUT2D eigenvalue weighted by Gasteiger charge is 2.18. The number of carbonyl (C=O) groups excluding carboxylic acids is 1. The molecule has 214 valence electrons. The van der Waals surface area contributed by atoms with Gasteiger partial charge in [0, 0.05) is 32.6 Å². The lowest BCUT2D eigenvalue weighted by molar-refractivity contribution is -0.149. The van der Waals surface area contributed by atoms with Crippen LogP contribution in [-0.2, 0) is 38.5 Å². The number of ether oxygens (including phenoxy) is 4. The van der Waals surface area contributed by atoms with E-state index < -0.39 is 12.1 Å². The van der Waals surface area contributed by atoms with Gasteiger partial charge >= 0.3 is 12.1 Å². The smallest absolute Gasteiger partial charge is 0.409 e. The zero-order valence-electron chi connectivity index (χ0n) is 23.1. The molecule has 0 bridgehead atoms. The Morgan fingerprint density at radius 3 is 2.12 bits per heavy atom. The van der Waals surface area contributed by atoms with E-state index in [1.54, 1.807) is 24.0 Å². The van der Waals surface area contributed by atoms with E-state index in [2.05, 4.69) is 0 Å². The predicted octanol–water partition coefficient (Wildman–Crippen LogP) is 5.39. The lowest BCUT2D eigenvalue weighted by atomic mass is 10.1. The number of nitrogens with zero attached hydrogens (tertiary/aromatic N) is 1. The van der Waals surface area contributed by atoms with Crippen LogP contribution in [0.4, 0.5) is 4.79 Å². The van der Waals surface area contributed by atoms with E-state index in [-0.39, 0.29) is 19.1 Å². The highest BCUT2D eigenvalue weighted by molar-refractivity contribution is 5.72. The summed E-state index contributed by atoms with van der Waals surface area (Å²) in [6.07, 6.45) is 0.330. The molecular weight excluding hydrogens is 510 g/mol. The summed E-state index contributed by atoms with van der Waals surface area (Å²) in [6.45, 7) is 4.57. The Bertz CT molecular complexity index is 1120. The number of hydrogen-bond acceptors (Lipinski definition) is 6. The first-order chi connectivity index (χ1) is 19.5. The van der Waals surface area contributed by atoms with E-state index in [0.29, 0.717) is 58.1 Å². The normalized spacial score (nSPS) is 11.5. The topological polar surface area (TPSA) is 94.5 Å². The summed E-state index contributed by atoms with van der Waals surface area (Å²) in [5.41, 5.74) is 3.06. The molecule has 0 radical (unpaired) electrons. The first-order valence-electron chi connectivity index (χ1n) is 13.7. The SMILES string of the molecule is CCOC(Cc1ccc(OCCN(CCCOCc2ccccc2)C(=O)OCCc2ccccc2)cc1)C(=O)O. The molecule has 8 heteroatoms. The minimum absolute atomic E-state index is 0.276. The van der Waals surface area contributed by atoms with Crippen molar-refractivity contribution in [1.82, 2.24) is 4.90 Å². The molecule has 1 atom stereocenters. The summed E-state index contributed by atoms with van der Waals surface area (Å²) in [7, 11) is 0. The van der Waals surface area contributed by atoms with Gasteiger partial charge in [0.2, 0.25) is 0 Å². The standard InChI is InChI=1S/C32H39NO7/c1-2-38-30(31(34)35)24-27-14-16-29(17-15-27)39-23-20-33(19-9-21-37-25-28-12-7-4-8-13-28)32(36)40-22-18-26-10-5-3-6-11-26/h3-8,10-17,30H,2,9,18-25H2,1H3,(H,34,35). The van der Waals surface area contributed by atoms with E-state index in [1.807, 2.05) is 72.8 Å². The van der Waals surface area contributed by atoms with Crippen LogP contribution in [0.15, 0.2) is 84.9 Å². The second kappa shape index (κ2) is 17.7. The first-order valence-corrected chi connectivity index (χ1v) is 13.7. The van der Waals surface area contributed by atoms with Gasteiger partial charge < -0.3 is 29.0 Å². The fraction of sp³-hybridized carbons (Fsp3) is 0.375. The van der Waals surface area contributed by atoms with E-state index in [4.69, 9.17) is 18.9 Å². The van der Waals surface area contributed by atoms with Crippen LogP contribution in [0.1, 0.15) is 30.0 Å². The van der Waals surface area contributed by atoms with Gasteiger partial charge in [0.15, 0.2) is 6.10 Å². The molecule has 1 N–H and O–H groups in total. The van der Waals surface area contributed by atoms with Crippen LogP contribution in [0, 0.1) is 0 Å². The van der Waals surface area contributed by atoms with Gasteiger partial charge in [-0.2, -0.15) is 0 Å². The molecule has 0 spiro atoms. The van der Waals surface area contributed by atoms with E-state index in [9.17, 15) is 14.7 Å². The molecule has 0 saturated heterocycles. The number of amides is 1. The van der Waals surface area contributed by atoms with Crippen LogP contribution in [0.25, 0.3) is 0 Å². The van der Waals surface area contributed by atoms with Crippen LogP contribution >= 0.6 is 0 Å². The molecule has 0 aliphatic rings. The number of carbonyl (C=O) groups is 2. The molecule has 8 nitrogen and oxygen atoms in total. The fourth-order valence-corrected chi connectivity index (χ4v) is 4.04. The Labute approximate surface area is 236 Å². The molecule has 3 aromatic rings. The van der Waals surface area contributed by atoms with Crippen molar-refractivity contribution in [2.24, 2.45) is 0 Å². The van der Waals surface area contributed by atoms with Crippen LogP contribution in [-0.4, -0.2) is 67.7 Å². The Morgan fingerprint density at radius 1 is 0.800 bits per heavy atom. The molecule has 0 saturated carbocycles. The average Bonchev–Trinajstić information content (AvgIpc) is 2.97. The van der Waals surface area contributed by atoms with Gasteiger partial charge in [-0.1, -0.05) is 72.8 Å². The maximum Gasteiger partial charge on any atom is 0.409 e. The Morgan fingerprint density at radius 2 is 1.48 bits per heavy atom. The van der Waals surface area contributed by atoms with Crippen molar-refractivity contribution < 1.29 is 33.6 Å². The summed E-state index contributed by atoms with van der Waals surface area (Å²) >= 11 is 0. The number of rotatable bonds is 18. The zero-order valence-corrected chi connectivity index (χ0v) is 23.1. The molecule has 0 aliphatic carbocycles. The molecule has 40 heavy (non-hydrogen) atoms. The molecule has 0 aliphatic heterocycles. The van der Waals surface area contributed by atoms with Crippen LogP contribution < -0.4 is 4.74 Å². The van der Waals surface area contributed by atoms with Crippen LogP contribution in [0.2, 0.25) is 0 Å². The Balaban J connectivity index is 1.46. The van der Waals surface area contributed by atoms with Crippen molar-refractivity contribution in [2.45, 2.75) is 38.9 Å². The molecule has 1 unspecified atom stereocenters. The van der Waals surface area contributed by atoms with Gasteiger partial charge in [0.25, 0.3) is 0 Å². The quantitative estimate of drug-likeness (QED) is 0.213. The molecule has 0 heterocycles. The third-order valence-corrected chi connectivity index (χ3v) is 6.16. The maximum absolute atomic E-state index is 12.9. The average molecular weight is 550 g/mol. The maximum atomic E-state index is 12.9. The van der Waals surface area contributed by atoms with Gasteiger partial charge in [-0.15, -0.1) is 0 Å². The van der Waals surface area contributed by atoms with Crippen molar-refractivity contribution in [3.05, 3.63) is 102 Å². The second-order valence-corrected chi connectivity index (χ2v) is 9.21. The number of benzene rings is 3. The summed E-state index contributed by atoms with van der Waals surface area (Å²) in [5, 5.41) is 9.29. The van der Waals surface area contributed by atoms with Crippen LogP contribution in [0.3, 0.4) is 0 Å². The molecule has 0 aromatic heterocycles. The van der Waals surface area contributed by atoms with Gasteiger partial charge in [-0.3, -0.25) is 0 Å². The first kappa shape index (κ1) is 30.7. The lowest BCUT2D eigenvalue weighted by Crippen LogP contribution is -2.36. The molecule has 1 amide bonds. The molecule has 3 rings (SSSR count). The van der Waals surface area contributed by atoms with Crippen molar-refractivity contribution in [3.8, 4) is 5.75 Å². The van der Waals surface area contributed by atoms with Crippen LogP contribution in [0.5, 0.6) is 5.75 Å². The highest BCUT2D eigenvalue weighted by Crippen LogP contribution is 2.15. The second-order valence-electron chi connectivity index (χ2n) is 9.21. The number of carboxylic acids is 1. The number of aliphatic carboxylic acids is 1. The summed E-state index contributed by atoms with van der Waals surface area (Å²) in [6, 6.07) is 27.1. The molecule has 0 fully saturated rings. The summed E-state index contributed by atoms with van der Waals surface area (Å²) in [5.74, 6) is -0.348. The number of carboxylic acid groups (broad SMARTS) is 1. The van der Waals surface area contributed by atoms with Gasteiger partial charge in [-0.05, 0) is 42.2 Å².